The van der Waals surface area contributed by atoms with Crippen LogP contribution in [0.25, 0.3) is 0 Å². The molecule has 1 rings (SSSR count). The first-order valence-electron chi connectivity index (χ1n) is 5.24. The van der Waals surface area contributed by atoms with Crippen LogP contribution in [-0.2, 0) is 4.79 Å². The zero-order valence-corrected chi connectivity index (χ0v) is 8.88. The fraction of sp³-hybridized carbons (Fsp3) is 0.900. The third kappa shape index (κ3) is 4.11. The van der Waals surface area contributed by atoms with E-state index in [1.807, 2.05) is 4.90 Å². The van der Waals surface area contributed by atoms with E-state index in [-0.39, 0.29) is 12.8 Å². The summed E-state index contributed by atoms with van der Waals surface area (Å²) in [5.41, 5.74) is 0. The van der Waals surface area contributed by atoms with Crippen LogP contribution in [0.15, 0.2) is 0 Å². The minimum absolute atomic E-state index is 0.103. The molecule has 1 saturated heterocycles. The number of halogens is 2. The first kappa shape index (κ1) is 12.4. The highest BCUT2D eigenvalue weighted by atomic mass is 19.3. The van der Waals surface area contributed by atoms with Crippen LogP contribution in [0.5, 0.6) is 0 Å². The average molecular weight is 221 g/mol. The summed E-state index contributed by atoms with van der Waals surface area (Å²) in [5.74, 6) is -3.74. The molecule has 1 heterocycles. The van der Waals surface area contributed by atoms with E-state index in [0.29, 0.717) is 26.1 Å². The van der Waals surface area contributed by atoms with Crippen molar-refractivity contribution < 1.29 is 18.7 Å². The van der Waals surface area contributed by atoms with Gasteiger partial charge in [0.15, 0.2) is 0 Å². The molecule has 0 spiro atoms. The summed E-state index contributed by atoms with van der Waals surface area (Å²) in [6, 6.07) is 0. The van der Waals surface area contributed by atoms with Gasteiger partial charge < -0.3 is 10.0 Å². The van der Waals surface area contributed by atoms with Gasteiger partial charge in [0, 0.05) is 25.9 Å². The van der Waals surface area contributed by atoms with Gasteiger partial charge in [0.1, 0.15) is 0 Å². The Labute approximate surface area is 88.1 Å². The van der Waals surface area contributed by atoms with E-state index < -0.39 is 17.8 Å². The van der Waals surface area contributed by atoms with Crippen molar-refractivity contribution in [2.45, 2.75) is 32.1 Å². The molecule has 0 aromatic heterocycles. The number of rotatable bonds is 4. The minimum atomic E-state index is -2.52. The third-order valence-electron chi connectivity index (χ3n) is 2.89. The van der Waals surface area contributed by atoms with Crippen molar-refractivity contribution >= 4 is 5.97 Å². The fourth-order valence-electron chi connectivity index (χ4n) is 1.60. The average Bonchev–Trinajstić information content (AvgIpc) is 2.15. The molecule has 1 aliphatic heterocycles. The summed E-state index contributed by atoms with van der Waals surface area (Å²) in [6.07, 6.45) is 0.323. The molecule has 15 heavy (non-hydrogen) atoms. The number of hydrogen-bond donors (Lipinski definition) is 1. The van der Waals surface area contributed by atoms with Crippen LogP contribution >= 0.6 is 0 Å². The molecule has 0 unspecified atom stereocenters. The molecule has 0 amide bonds. The highest BCUT2D eigenvalue weighted by Gasteiger charge is 2.33. The number of carboxylic acid groups (broad SMARTS) is 1. The van der Waals surface area contributed by atoms with Gasteiger partial charge in [0.25, 0.3) is 5.92 Å². The number of likely N-dealkylation sites (tertiary alicyclic amines) is 1. The standard InChI is InChI=1S/C10H17F2NO2/c1-8(9(14)15)2-5-13-6-3-10(11,12)4-7-13/h8H,2-7H2,1H3,(H,14,15)/t8-/m0/s1. The van der Waals surface area contributed by atoms with Gasteiger partial charge in [-0.15, -0.1) is 0 Å². The molecule has 3 nitrogen and oxygen atoms in total. The van der Waals surface area contributed by atoms with Gasteiger partial charge in [-0.05, 0) is 13.0 Å². The van der Waals surface area contributed by atoms with E-state index in [2.05, 4.69) is 0 Å². The second kappa shape index (κ2) is 4.88. The zero-order chi connectivity index (χ0) is 11.5. The minimum Gasteiger partial charge on any atom is -0.481 e. The lowest BCUT2D eigenvalue weighted by molar-refractivity contribution is -0.141. The molecule has 0 bridgehead atoms. The number of piperidine rings is 1. The quantitative estimate of drug-likeness (QED) is 0.787. The van der Waals surface area contributed by atoms with Crippen LogP contribution in [0.1, 0.15) is 26.2 Å². The molecule has 1 aliphatic rings. The van der Waals surface area contributed by atoms with Gasteiger partial charge in [-0.1, -0.05) is 6.92 Å². The lowest BCUT2D eigenvalue weighted by Crippen LogP contribution is -2.40. The first-order valence-corrected chi connectivity index (χ1v) is 5.24. The van der Waals surface area contributed by atoms with E-state index in [4.69, 9.17) is 5.11 Å². The summed E-state index contributed by atoms with van der Waals surface area (Å²) >= 11 is 0. The SMILES string of the molecule is C[C@@H](CCN1CCC(F)(F)CC1)C(=O)O. The van der Waals surface area contributed by atoms with E-state index in [1.54, 1.807) is 6.92 Å². The summed E-state index contributed by atoms with van der Waals surface area (Å²) in [5, 5.41) is 8.66. The normalized spacial score (nSPS) is 23.7. The summed E-state index contributed by atoms with van der Waals surface area (Å²) in [7, 11) is 0. The largest absolute Gasteiger partial charge is 0.481 e. The van der Waals surface area contributed by atoms with Crippen molar-refractivity contribution in [3.63, 3.8) is 0 Å². The summed E-state index contributed by atoms with van der Waals surface area (Å²) < 4.78 is 25.6. The second-order valence-electron chi connectivity index (χ2n) is 4.23. The predicted octanol–water partition coefficient (Wildman–Crippen LogP) is 1.83. The molecule has 0 saturated carbocycles. The van der Waals surface area contributed by atoms with Crippen molar-refractivity contribution in [1.29, 1.82) is 0 Å². The van der Waals surface area contributed by atoms with Gasteiger partial charge in [0.05, 0.1) is 5.92 Å². The van der Waals surface area contributed by atoms with Gasteiger partial charge in [0.2, 0.25) is 0 Å². The van der Waals surface area contributed by atoms with Crippen molar-refractivity contribution in [2.24, 2.45) is 5.92 Å². The first-order chi connectivity index (χ1) is 6.91. The highest BCUT2D eigenvalue weighted by molar-refractivity contribution is 5.69. The lowest BCUT2D eigenvalue weighted by Gasteiger charge is -2.31. The van der Waals surface area contributed by atoms with Crippen molar-refractivity contribution in [3.8, 4) is 0 Å². The molecule has 88 valence electrons. The van der Waals surface area contributed by atoms with E-state index >= 15 is 0 Å². The zero-order valence-electron chi connectivity index (χ0n) is 8.88. The smallest absolute Gasteiger partial charge is 0.306 e. The molecule has 1 N–H and O–H groups in total. The monoisotopic (exact) mass is 221 g/mol. The van der Waals surface area contributed by atoms with Crippen LogP contribution in [-0.4, -0.2) is 41.5 Å². The highest BCUT2D eigenvalue weighted by Crippen LogP contribution is 2.27. The lowest BCUT2D eigenvalue weighted by atomic mass is 10.0. The Bertz CT molecular complexity index is 223. The summed E-state index contributed by atoms with van der Waals surface area (Å²) in [4.78, 5) is 12.5. The summed E-state index contributed by atoms with van der Waals surface area (Å²) in [6.45, 7) is 2.99. The van der Waals surface area contributed by atoms with Gasteiger partial charge in [-0.3, -0.25) is 4.79 Å². The molecule has 0 radical (unpaired) electrons. The Morgan fingerprint density at radius 3 is 2.47 bits per heavy atom. The van der Waals surface area contributed by atoms with E-state index in [0.717, 1.165) is 0 Å². The Kier molecular flexibility index (Phi) is 4.02. The molecule has 0 aliphatic carbocycles. The number of alkyl halides is 2. The molecular weight excluding hydrogens is 204 g/mol. The van der Waals surface area contributed by atoms with E-state index in [1.165, 1.54) is 0 Å². The maximum atomic E-state index is 12.8. The van der Waals surface area contributed by atoms with Crippen molar-refractivity contribution in [1.82, 2.24) is 4.90 Å². The molecular formula is C10H17F2NO2. The van der Waals surface area contributed by atoms with Crippen LogP contribution in [0.3, 0.4) is 0 Å². The Morgan fingerprint density at radius 1 is 1.47 bits per heavy atom. The second-order valence-corrected chi connectivity index (χ2v) is 4.23. The maximum absolute atomic E-state index is 12.8. The van der Waals surface area contributed by atoms with Crippen molar-refractivity contribution in [3.05, 3.63) is 0 Å². The van der Waals surface area contributed by atoms with Gasteiger partial charge >= 0.3 is 5.97 Å². The molecule has 0 aromatic carbocycles. The maximum Gasteiger partial charge on any atom is 0.306 e. The number of aliphatic carboxylic acids is 1. The van der Waals surface area contributed by atoms with Crippen molar-refractivity contribution in [2.75, 3.05) is 19.6 Å². The molecule has 1 atom stereocenters. The Balaban J connectivity index is 2.22. The van der Waals surface area contributed by atoms with Gasteiger partial charge in [-0.25, -0.2) is 8.78 Å². The topological polar surface area (TPSA) is 40.5 Å². The molecule has 5 heteroatoms. The number of carboxylic acids is 1. The van der Waals surface area contributed by atoms with Crippen LogP contribution < -0.4 is 0 Å². The predicted molar refractivity (Wildman–Crippen MR) is 52.0 cm³/mol. The van der Waals surface area contributed by atoms with Crippen LogP contribution in [0.4, 0.5) is 8.78 Å². The van der Waals surface area contributed by atoms with Crippen LogP contribution in [0, 0.1) is 5.92 Å². The molecule has 1 fully saturated rings. The molecule has 0 aromatic rings. The Hall–Kier alpha value is -0.710. The number of nitrogens with zero attached hydrogens (tertiary/aromatic N) is 1. The number of hydrogen-bond acceptors (Lipinski definition) is 2. The van der Waals surface area contributed by atoms with E-state index in [9.17, 15) is 13.6 Å². The van der Waals surface area contributed by atoms with Crippen LogP contribution in [0.2, 0.25) is 0 Å². The number of carbonyl (C=O) groups is 1. The third-order valence-corrected chi connectivity index (χ3v) is 2.89. The Morgan fingerprint density at radius 2 is 2.00 bits per heavy atom. The fourth-order valence-corrected chi connectivity index (χ4v) is 1.60. The van der Waals surface area contributed by atoms with Gasteiger partial charge in [-0.2, -0.15) is 0 Å².